The third-order valence-electron chi connectivity index (χ3n) is 3.71. The first-order valence-electron chi connectivity index (χ1n) is 7.93. The van der Waals surface area contributed by atoms with Crippen molar-refractivity contribution in [2.24, 2.45) is 5.92 Å². The minimum Gasteiger partial charge on any atom is -0.302 e. The van der Waals surface area contributed by atoms with Gasteiger partial charge in [0.1, 0.15) is 0 Å². The Morgan fingerprint density at radius 2 is 2.04 bits per heavy atom. The summed E-state index contributed by atoms with van der Waals surface area (Å²) in [5.41, 5.74) is 1.91. The van der Waals surface area contributed by atoms with E-state index >= 15 is 0 Å². The summed E-state index contributed by atoms with van der Waals surface area (Å²) in [4.78, 5) is 15.4. The van der Waals surface area contributed by atoms with E-state index in [2.05, 4.69) is 29.2 Å². The topological polar surface area (TPSA) is 59.8 Å². The minimum absolute atomic E-state index is 0.0405. The van der Waals surface area contributed by atoms with Crippen molar-refractivity contribution in [1.29, 1.82) is 0 Å². The molecule has 2 aromatic heterocycles. The van der Waals surface area contributed by atoms with Crippen molar-refractivity contribution in [3.63, 3.8) is 0 Å². The molecule has 2 aromatic rings. The molecule has 1 amide bonds. The monoisotopic (exact) mass is 374 g/mol. The lowest BCUT2D eigenvalue weighted by atomic mass is 10.1. The van der Waals surface area contributed by atoms with Crippen LogP contribution in [0.1, 0.15) is 42.9 Å². The van der Waals surface area contributed by atoms with Gasteiger partial charge in [-0.05, 0) is 31.7 Å². The van der Waals surface area contributed by atoms with E-state index in [-0.39, 0.29) is 17.5 Å². The van der Waals surface area contributed by atoms with Crippen LogP contribution in [0.4, 0.5) is 18.3 Å². The van der Waals surface area contributed by atoms with Crippen LogP contribution in [0.3, 0.4) is 0 Å². The second kappa shape index (κ2) is 7.55. The molecule has 0 saturated heterocycles. The Balaban J connectivity index is 1.96. The number of halogens is 3. The molecule has 1 N–H and O–H groups in total. The maximum Gasteiger partial charge on any atom is 0.434 e. The predicted octanol–water partition coefficient (Wildman–Crippen LogP) is 4.20. The van der Waals surface area contributed by atoms with Gasteiger partial charge in [0.05, 0.1) is 5.69 Å². The van der Waals surface area contributed by atoms with Gasteiger partial charge in [-0.1, -0.05) is 13.8 Å². The van der Waals surface area contributed by atoms with Crippen molar-refractivity contribution in [2.75, 3.05) is 5.32 Å². The molecule has 0 fully saturated rings. The lowest BCUT2D eigenvalue weighted by molar-refractivity contribution is -0.140. The summed E-state index contributed by atoms with van der Waals surface area (Å²) < 4.78 is 39.5. The first-order valence-corrected chi connectivity index (χ1v) is 8.81. The number of nitrogens with zero attached hydrogens (tertiary/aromatic N) is 3. The van der Waals surface area contributed by atoms with Crippen molar-refractivity contribution in [3.05, 3.63) is 28.0 Å². The van der Waals surface area contributed by atoms with Crippen molar-refractivity contribution >= 4 is 22.4 Å². The standard InChI is InChI=1S/C16H21F3N4OS/c1-9(2)7-23-11(4)12(10(3)22-23)5-6-14(24)21-15-20-13(8-25-15)16(17,18)19/h8-9H,5-7H2,1-4H3,(H,20,21,24). The molecule has 2 rings (SSSR count). The van der Waals surface area contributed by atoms with Gasteiger partial charge in [0.15, 0.2) is 10.8 Å². The summed E-state index contributed by atoms with van der Waals surface area (Å²) in [6.45, 7) is 8.87. The summed E-state index contributed by atoms with van der Waals surface area (Å²) >= 11 is 0.764. The highest BCUT2D eigenvalue weighted by molar-refractivity contribution is 7.13. The number of aryl methyl sites for hydroxylation is 1. The number of thiazole rings is 1. The number of alkyl halides is 3. The van der Waals surface area contributed by atoms with Crippen LogP contribution in [0.15, 0.2) is 5.38 Å². The molecule has 0 radical (unpaired) electrons. The van der Waals surface area contributed by atoms with Gasteiger partial charge in [0, 0.05) is 24.0 Å². The number of aromatic nitrogens is 3. The summed E-state index contributed by atoms with van der Waals surface area (Å²) in [5.74, 6) is 0.0976. The second-order valence-corrected chi connectivity index (χ2v) is 7.17. The van der Waals surface area contributed by atoms with Crippen LogP contribution >= 0.6 is 11.3 Å². The number of hydrogen-bond donors (Lipinski definition) is 1. The fourth-order valence-electron chi connectivity index (χ4n) is 2.50. The van der Waals surface area contributed by atoms with Crippen LogP contribution in [0, 0.1) is 19.8 Å². The normalized spacial score (nSPS) is 12.0. The van der Waals surface area contributed by atoms with E-state index < -0.39 is 11.9 Å². The van der Waals surface area contributed by atoms with Gasteiger partial charge in [0.2, 0.25) is 5.91 Å². The number of hydrogen-bond acceptors (Lipinski definition) is 4. The number of carbonyl (C=O) groups is 1. The predicted molar refractivity (Wildman–Crippen MR) is 90.6 cm³/mol. The molecule has 138 valence electrons. The third kappa shape index (κ3) is 5.04. The van der Waals surface area contributed by atoms with E-state index in [1.165, 1.54) is 0 Å². The van der Waals surface area contributed by atoms with E-state index in [0.717, 1.165) is 40.2 Å². The molecule has 0 atom stereocenters. The molecule has 0 bridgehead atoms. The quantitative estimate of drug-likeness (QED) is 0.824. The van der Waals surface area contributed by atoms with Gasteiger partial charge in [-0.3, -0.25) is 9.48 Å². The molecule has 0 aliphatic heterocycles. The Labute approximate surface area is 148 Å². The second-order valence-electron chi connectivity index (χ2n) is 6.31. The smallest absolute Gasteiger partial charge is 0.302 e. The number of carbonyl (C=O) groups excluding carboxylic acids is 1. The average Bonchev–Trinajstić information content (AvgIpc) is 3.03. The van der Waals surface area contributed by atoms with Gasteiger partial charge >= 0.3 is 6.18 Å². The van der Waals surface area contributed by atoms with Crippen molar-refractivity contribution < 1.29 is 18.0 Å². The zero-order valence-corrected chi connectivity index (χ0v) is 15.4. The fraction of sp³-hybridized carbons (Fsp3) is 0.562. The molecular weight excluding hydrogens is 353 g/mol. The molecule has 0 aliphatic carbocycles. The van der Waals surface area contributed by atoms with Crippen LogP contribution in [0.5, 0.6) is 0 Å². The van der Waals surface area contributed by atoms with Crippen LogP contribution in [0.2, 0.25) is 0 Å². The minimum atomic E-state index is -4.50. The summed E-state index contributed by atoms with van der Waals surface area (Å²) in [7, 11) is 0. The molecule has 0 spiro atoms. The summed E-state index contributed by atoms with van der Waals surface area (Å²) in [6.07, 6.45) is -3.85. The number of nitrogens with one attached hydrogen (secondary N) is 1. The van der Waals surface area contributed by atoms with Crippen LogP contribution in [-0.2, 0) is 23.9 Å². The van der Waals surface area contributed by atoms with Gasteiger partial charge in [-0.15, -0.1) is 11.3 Å². The first-order chi connectivity index (χ1) is 11.6. The van der Waals surface area contributed by atoms with Gasteiger partial charge in [-0.2, -0.15) is 18.3 Å². The van der Waals surface area contributed by atoms with Crippen LogP contribution < -0.4 is 5.32 Å². The van der Waals surface area contributed by atoms with Crippen LogP contribution in [-0.4, -0.2) is 20.7 Å². The molecule has 0 aliphatic rings. The molecule has 0 unspecified atom stereocenters. The largest absolute Gasteiger partial charge is 0.434 e. The van der Waals surface area contributed by atoms with Crippen LogP contribution in [0.25, 0.3) is 0 Å². The first kappa shape index (κ1) is 19.4. The van der Waals surface area contributed by atoms with Gasteiger partial charge < -0.3 is 5.32 Å². The molecule has 0 saturated carbocycles. The van der Waals surface area contributed by atoms with Crippen molar-refractivity contribution in [3.8, 4) is 0 Å². The molecule has 5 nitrogen and oxygen atoms in total. The fourth-order valence-corrected chi connectivity index (χ4v) is 3.23. The Bertz CT molecular complexity index is 749. The van der Waals surface area contributed by atoms with E-state index in [4.69, 9.17) is 0 Å². The Kier molecular flexibility index (Phi) is 5.87. The van der Waals surface area contributed by atoms with Crippen molar-refractivity contribution in [1.82, 2.24) is 14.8 Å². The number of anilines is 1. The Morgan fingerprint density at radius 3 is 2.60 bits per heavy atom. The van der Waals surface area contributed by atoms with E-state index in [1.54, 1.807) is 0 Å². The van der Waals surface area contributed by atoms with Gasteiger partial charge in [-0.25, -0.2) is 4.98 Å². The maximum atomic E-state index is 12.5. The maximum absolute atomic E-state index is 12.5. The molecule has 9 heteroatoms. The van der Waals surface area contributed by atoms with E-state index in [1.807, 2.05) is 18.5 Å². The summed E-state index contributed by atoms with van der Waals surface area (Å²) in [6, 6.07) is 0. The van der Waals surface area contributed by atoms with Crippen molar-refractivity contribution in [2.45, 2.75) is 53.3 Å². The molecule has 0 aromatic carbocycles. The lowest BCUT2D eigenvalue weighted by Gasteiger charge is -2.08. The Hall–Kier alpha value is -1.90. The highest BCUT2D eigenvalue weighted by atomic mass is 32.1. The average molecular weight is 374 g/mol. The third-order valence-corrected chi connectivity index (χ3v) is 4.47. The number of rotatable bonds is 6. The highest BCUT2D eigenvalue weighted by Gasteiger charge is 2.33. The van der Waals surface area contributed by atoms with Gasteiger partial charge in [0.25, 0.3) is 0 Å². The molecular formula is C16H21F3N4OS. The molecule has 25 heavy (non-hydrogen) atoms. The zero-order valence-electron chi connectivity index (χ0n) is 14.6. The molecule has 2 heterocycles. The van der Waals surface area contributed by atoms with E-state index in [9.17, 15) is 18.0 Å². The van der Waals surface area contributed by atoms with E-state index in [0.29, 0.717) is 12.3 Å². The lowest BCUT2D eigenvalue weighted by Crippen LogP contribution is -2.13. The highest BCUT2D eigenvalue weighted by Crippen LogP contribution is 2.31. The Morgan fingerprint density at radius 1 is 1.36 bits per heavy atom. The SMILES string of the molecule is Cc1nn(CC(C)C)c(C)c1CCC(=O)Nc1nc(C(F)(F)F)cs1. The summed E-state index contributed by atoms with van der Waals surface area (Å²) in [5, 5.41) is 7.76. The zero-order chi connectivity index (χ0) is 18.8. The number of amides is 1.